The number of hydrogen-bond acceptors (Lipinski definition) is 5. The first-order valence-electron chi connectivity index (χ1n) is 6.28. The monoisotopic (exact) mass is 260 g/mol. The Balaban J connectivity index is 1.98. The molecule has 100 valence electrons. The third-order valence-electron chi connectivity index (χ3n) is 3.45. The normalized spacial score (nSPS) is 17.0. The molecule has 1 aromatic heterocycles. The molecule has 1 saturated heterocycles. The standard InChI is InChI=1S/C13H16N4O2/c1-16-5-7-17(8-6-16)13-15-11-9(12(14)18)3-2-4-10(11)19-13/h2-4H,5-8H2,1H3,(H2,14,18). The van der Waals surface area contributed by atoms with E-state index in [-0.39, 0.29) is 0 Å². The number of nitrogens with zero attached hydrogens (tertiary/aromatic N) is 3. The lowest BCUT2D eigenvalue weighted by atomic mass is 10.2. The number of fused-ring (bicyclic) bond motifs is 1. The van der Waals surface area contributed by atoms with Gasteiger partial charge in [0.1, 0.15) is 5.52 Å². The largest absolute Gasteiger partial charge is 0.423 e. The number of benzene rings is 1. The van der Waals surface area contributed by atoms with Gasteiger partial charge < -0.3 is 20.0 Å². The second kappa shape index (κ2) is 4.55. The minimum absolute atomic E-state index is 0.404. The number of likely N-dealkylation sites (N-methyl/N-ethyl adjacent to an activating group) is 1. The zero-order valence-electron chi connectivity index (χ0n) is 10.8. The molecule has 0 spiro atoms. The smallest absolute Gasteiger partial charge is 0.298 e. The Labute approximate surface area is 110 Å². The molecule has 3 rings (SSSR count). The van der Waals surface area contributed by atoms with Gasteiger partial charge in [0.15, 0.2) is 5.58 Å². The van der Waals surface area contributed by atoms with E-state index in [4.69, 9.17) is 10.2 Å². The number of piperazine rings is 1. The molecule has 1 aromatic carbocycles. The lowest BCUT2D eigenvalue weighted by molar-refractivity contribution is 0.100. The summed E-state index contributed by atoms with van der Waals surface area (Å²) in [5.74, 6) is -0.483. The Morgan fingerprint density at radius 3 is 2.74 bits per heavy atom. The molecule has 2 N–H and O–H groups in total. The summed E-state index contributed by atoms with van der Waals surface area (Å²) in [5, 5.41) is 0. The molecule has 0 saturated carbocycles. The van der Waals surface area contributed by atoms with Gasteiger partial charge in [-0.3, -0.25) is 4.79 Å². The molecule has 19 heavy (non-hydrogen) atoms. The van der Waals surface area contributed by atoms with Gasteiger partial charge in [-0.05, 0) is 19.2 Å². The predicted octanol–water partition coefficient (Wildman–Crippen LogP) is 0.678. The first-order valence-corrected chi connectivity index (χ1v) is 6.28. The van der Waals surface area contributed by atoms with E-state index in [2.05, 4.69) is 21.8 Å². The van der Waals surface area contributed by atoms with Crippen LogP contribution in [0.4, 0.5) is 6.01 Å². The van der Waals surface area contributed by atoms with Crippen LogP contribution < -0.4 is 10.6 Å². The Hall–Kier alpha value is -2.08. The van der Waals surface area contributed by atoms with Crippen LogP contribution in [0.2, 0.25) is 0 Å². The van der Waals surface area contributed by atoms with E-state index < -0.39 is 5.91 Å². The molecule has 0 bridgehead atoms. The summed E-state index contributed by atoms with van der Waals surface area (Å²) in [6.45, 7) is 3.69. The van der Waals surface area contributed by atoms with Crippen LogP contribution in [0, 0.1) is 0 Å². The lowest BCUT2D eigenvalue weighted by Gasteiger charge is -2.31. The molecule has 0 atom stereocenters. The third-order valence-corrected chi connectivity index (χ3v) is 3.45. The van der Waals surface area contributed by atoms with E-state index in [1.807, 2.05) is 0 Å². The summed E-state index contributed by atoms with van der Waals surface area (Å²) in [4.78, 5) is 20.1. The number of aromatic nitrogens is 1. The topological polar surface area (TPSA) is 75.6 Å². The zero-order valence-corrected chi connectivity index (χ0v) is 10.8. The summed E-state index contributed by atoms with van der Waals surface area (Å²) in [6.07, 6.45) is 0. The molecule has 1 amide bonds. The maximum atomic E-state index is 11.4. The van der Waals surface area contributed by atoms with Crippen molar-refractivity contribution in [3.05, 3.63) is 23.8 Å². The predicted molar refractivity (Wildman–Crippen MR) is 72.2 cm³/mol. The van der Waals surface area contributed by atoms with E-state index in [0.29, 0.717) is 22.7 Å². The van der Waals surface area contributed by atoms with Crippen molar-refractivity contribution in [3.63, 3.8) is 0 Å². The van der Waals surface area contributed by atoms with Crippen LogP contribution >= 0.6 is 0 Å². The van der Waals surface area contributed by atoms with Crippen LogP contribution in [0.1, 0.15) is 10.4 Å². The lowest BCUT2D eigenvalue weighted by Crippen LogP contribution is -2.44. The quantitative estimate of drug-likeness (QED) is 0.859. The Morgan fingerprint density at radius 2 is 2.05 bits per heavy atom. The summed E-state index contributed by atoms with van der Waals surface area (Å²) >= 11 is 0. The zero-order chi connectivity index (χ0) is 13.4. The number of rotatable bonds is 2. The highest BCUT2D eigenvalue weighted by Gasteiger charge is 2.20. The first kappa shape index (κ1) is 12.0. The maximum Gasteiger partial charge on any atom is 0.298 e. The molecule has 6 nitrogen and oxygen atoms in total. The summed E-state index contributed by atoms with van der Waals surface area (Å²) in [6, 6.07) is 5.79. The fourth-order valence-electron chi connectivity index (χ4n) is 2.27. The van der Waals surface area contributed by atoms with Crippen molar-refractivity contribution >= 4 is 23.0 Å². The van der Waals surface area contributed by atoms with Gasteiger partial charge in [-0.2, -0.15) is 4.98 Å². The van der Waals surface area contributed by atoms with Crippen LogP contribution in [-0.2, 0) is 0 Å². The number of carbonyl (C=O) groups excluding carboxylic acids is 1. The van der Waals surface area contributed by atoms with Crippen LogP contribution in [0.5, 0.6) is 0 Å². The second-order valence-electron chi connectivity index (χ2n) is 4.80. The van der Waals surface area contributed by atoms with Crippen molar-refractivity contribution in [2.75, 3.05) is 38.1 Å². The number of amides is 1. The van der Waals surface area contributed by atoms with Crippen molar-refractivity contribution in [3.8, 4) is 0 Å². The van der Waals surface area contributed by atoms with Gasteiger partial charge in [-0.15, -0.1) is 0 Å². The third kappa shape index (κ3) is 2.15. The van der Waals surface area contributed by atoms with Crippen molar-refractivity contribution in [2.24, 2.45) is 5.73 Å². The van der Waals surface area contributed by atoms with Crippen molar-refractivity contribution in [1.29, 1.82) is 0 Å². The number of nitrogens with two attached hydrogens (primary N) is 1. The fourth-order valence-corrected chi connectivity index (χ4v) is 2.27. The highest BCUT2D eigenvalue weighted by Crippen LogP contribution is 2.25. The van der Waals surface area contributed by atoms with E-state index in [1.54, 1.807) is 18.2 Å². The van der Waals surface area contributed by atoms with Gasteiger partial charge in [0.25, 0.3) is 11.9 Å². The van der Waals surface area contributed by atoms with E-state index >= 15 is 0 Å². The van der Waals surface area contributed by atoms with Crippen molar-refractivity contribution < 1.29 is 9.21 Å². The Bertz CT molecular complexity index is 614. The second-order valence-corrected chi connectivity index (χ2v) is 4.80. The summed E-state index contributed by atoms with van der Waals surface area (Å²) in [7, 11) is 2.09. The number of para-hydroxylation sites is 1. The fraction of sp³-hybridized carbons (Fsp3) is 0.385. The average molecular weight is 260 g/mol. The summed E-state index contributed by atoms with van der Waals surface area (Å²) in [5.41, 5.74) is 6.90. The summed E-state index contributed by atoms with van der Waals surface area (Å²) < 4.78 is 5.72. The molecule has 0 unspecified atom stereocenters. The maximum absolute atomic E-state index is 11.4. The minimum atomic E-state index is -0.483. The van der Waals surface area contributed by atoms with Crippen LogP contribution in [0.25, 0.3) is 11.1 Å². The molecule has 0 aliphatic carbocycles. The molecule has 1 fully saturated rings. The molecule has 1 aliphatic rings. The number of anilines is 1. The molecule has 2 heterocycles. The molecule has 1 aliphatic heterocycles. The van der Waals surface area contributed by atoms with E-state index in [1.165, 1.54) is 0 Å². The molecule has 6 heteroatoms. The Kier molecular flexibility index (Phi) is 2.87. The van der Waals surface area contributed by atoms with Crippen LogP contribution in [0.3, 0.4) is 0 Å². The molecular formula is C13H16N4O2. The average Bonchev–Trinajstić information content (AvgIpc) is 2.82. The highest BCUT2D eigenvalue weighted by molar-refractivity contribution is 6.03. The van der Waals surface area contributed by atoms with Crippen molar-refractivity contribution in [1.82, 2.24) is 9.88 Å². The number of oxazole rings is 1. The highest BCUT2D eigenvalue weighted by atomic mass is 16.4. The van der Waals surface area contributed by atoms with Crippen LogP contribution in [0.15, 0.2) is 22.6 Å². The van der Waals surface area contributed by atoms with Gasteiger partial charge in [-0.25, -0.2) is 0 Å². The number of hydrogen-bond donors (Lipinski definition) is 1. The Morgan fingerprint density at radius 1 is 1.32 bits per heavy atom. The molecular weight excluding hydrogens is 244 g/mol. The molecule has 0 radical (unpaired) electrons. The minimum Gasteiger partial charge on any atom is -0.423 e. The SMILES string of the molecule is CN1CCN(c2nc3c(C(N)=O)cccc3o2)CC1. The van der Waals surface area contributed by atoms with Crippen LogP contribution in [-0.4, -0.2) is 49.0 Å². The van der Waals surface area contributed by atoms with E-state index in [0.717, 1.165) is 26.2 Å². The first-order chi connectivity index (χ1) is 9.15. The van der Waals surface area contributed by atoms with Gasteiger partial charge >= 0.3 is 0 Å². The number of primary amides is 1. The number of carbonyl (C=O) groups is 1. The van der Waals surface area contributed by atoms with Gasteiger partial charge in [0, 0.05) is 26.2 Å². The molecule has 2 aromatic rings. The van der Waals surface area contributed by atoms with Gasteiger partial charge in [-0.1, -0.05) is 6.07 Å². The van der Waals surface area contributed by atoms with Crippen molar-refractivity contribution in [2.45, 2.75) is 0 Å². The van der Waals surface area contributed by atoms with E-state index in [9.17, 15) is 4.79 Å². The van der Waals surface area contributed by atoms with Gasteiger partial charge in [0.05, 0.1) is 5.56 Å². The van der Waals surface area contributed by atoms with Gasteiger partial charge in [0.2, 0.25) is 0 Å².